The molecule has 0 aromatic heterocycles. The number of esters is 1. The van der Waals surface area contributed by atoms with E-state index >= 15 is 0 Å². The number of benzene rings is 1. The van der Waals surface area contributed by atoms with Crippen molar-refractivity contribution in [2.24, 2.45) is 0 Å². The van der Waals surface area contributed by atoms with Crippen molar-refractivity contribution in [2.75, 3.05) is 19.4 Å². The van der Waals surface area contributed by atoms with E-state index in [9.17, 15) is 4.79 Å². The zero-order chi connectivity index (χ0) is 14.6. The van der Waals surface area contributed by atoms with Crippen LogP contribution in [0.25, 0.3) is 0 Å². The lowest BCUT2D eigenvalue weighted by Gasteiger charge is -2.16. The summed E-state index contributed by atoms with van der Waals surface area (Å²) in [4.78, 5) is 13.6. The second-order valence-corrected chi connectivity index (χ2v) is 5.27. The van der Waals surface area contributed by atoms with Crippen LogP contribution >= 0.6 is 23.8 Å². The number of nitrogens with zero attached hydrogens (tertiary/aromatic N) is 1. The van der Waals surface area contributed by atoms with Gasteiger partial charge in [0, 0.05) is 19.8 Å². The molecule has 0 bridgehead atoms. The van der Waals surface area contributed by atoms with E-state index in [4.69, 9.17) is 28.6 Å². The smallest absolute Gasteiger partial charge is 0.339 e. The lowest BCUT2D eigenvalue weighted by Crippen LogP contribution is -2.27. The van der Waals surface area contributed by atoms with Gasteiger partial charge in [-0.05, 0) is 44.3 Å². The fraction of sp³-hybridized carbons (Fsp3) is 0.385. The Morgan fingerprint density at radius 1 is 1.42 bits per heavy atom. The van der Waals surface area contributed by atoms with Crippen LogP contribution in [0.4, 0.5) is 5.69 Å². The number of hydrogen-bond donors (Lipinski definition) is 1. The second kappa shape index (κ2) is 6.73. The molecule has 0 heterocycles. The number of halogens is 1. The maximum atomic E-state index is 11.9. The average molecular weight is 301 g/mol. The average Bonchev–Trinajstić information content (AvgIpc) is 2.30. The number of rotatable bonds is 3. The highest BCUT2D eigenvalue weighted by Crippen LogP contribution is 2.22. The third kappa shape index (κ3) is 4.69. The molecule has 4 nitrogen and oxygen atoms in total. The van der Waals surface area contributed by atoms with Crippen LogP contribution in [0.3, 0.4) is 0 Å². The Kier molecular flexibility index (Phi) is 5.57. The summed E-state index contributed by atoms with van der Waals surface area (Å²) in [7, 11) is 3.67. The molecule has 1 rings (SSSR count). The van der Waals surface area contributed by atoms with E-state index in [1.807, 2.05) is 14.1 Å². The van der Waals surface area contributed by atoms with E-state index in [0.717, 1.165) is 0 Å². The van der Waals surface area contributed by atoms with Crippen LogP contribution in [-0.2, 0) is 4.74 Å². The summed E-state index contributed by atoms with van der Waals surface area (Å²) in [5.74, 6) is -0.445. The van der Waals surface area contributed by atoms with Crippen LogP contribution < -0.4 is 5.32 Å². The van der Waals surface area contributed by atoms with E-state index in [1.165, 1.54) is 0 Å². The summed E-state index contributed by atoms with van der Waals surface area (Å²) in [6, 6.07) is 5.02. The van der Waals surface area contributed by atoms with E-state index in [0.29, 0.717) is 21.4 Å². The SMILES string of the molecule is CC(C)OC(=O)c1cc(NC(=S)N(C)C)ccc1Cl. The van der Waals surface area contributed by atoms with Gasteiger partial charge in [-0.25, -0.2) is 4.79 Å². The third-order valence-corrected chi connectivity index (χ3v) is 2.98. The number of thiocarbonyl (C=S) groups is 1. The number of hydrogen-bond acceptors (Lipinski definition) is 3. The summed E-state index contributed by atoms with van der Waals surface area (Å²) >= 11 is 11.1. The van der Waals surface area contributed by atoms with Gasteiger partial charge in [-0.2, -0.15) is 0 Å². The van der Waals surface area contributed by atoms with Crippen LogP contribution in [0.2, 0.25) is 5.02 Å². The van der Waals surface area contributed by atoms with Crippen LogP contribution in [0, 0.1) is 0 Å². The molecule has 0 saturated heterocycles. The first-order chi connectivity index (χ1) is 8.81. The van der Waals surface area contributed by atoms with E-state index in [-0.39, 0.29) is 6.10 Å². The molecule has 0 aliphatic rings. The molecular formula is C13H17ClN2O2S. The molecule has 0 atom stereocenters. The number of nitrogens with one attached hydrogen (secondary N) is 1. The molecule has 0 saturated carbocycles. The van der Waals surface area contributed by atoms with Gasteiger partial charge in [0.25, 0.3) is 0 Å². The maximum absolute atomic E-state index is 11.9. The molecule has 104 valence electrons. The van der Waals surface area contributed by atoms with Gasteiger partial charge in [0.2, 0.25) is 0 Å². The van der Waals surface area contributed by atoms with Crippen LogP contribution in [0.5, 0.6) is 0 Å². The normalized spacial score (nSPS) is 10.2. The molecule has 0 amide bonds. The van der Waals surface area contributed by atoms with Crippen molar-refractivity contribution in [1.29, 1.82) is 0 Å². The maximum Gasteiger partial charge on any atom is 0.339 e. The number of carbonyl (C=O) groups excluding carboxylic acids is 1. The zero-order valence-electron chi connectivity index (χ0n) is 11.4. The van der Waals surface area contributed by atoms with Crippen molar-refractivity contribution in [1.82, 2.24) is 4.90 Å². The summed E-state index contributed by atoms with van der Waals surface area (Å²) in [5, 5.41) is 3.91. The number of carbonyl (C=O) groups is 1. The van der Waals surface area contributed by atoms with Crippen molar-refractivity contribution >= 4 is 40.6 Å². The van der Waals surface area contributed by atoms with Crippen molar-refractivity contribution in [3.63, 3.8) is 0 Å². The Bertz CT molecular complexity index is 490. The topological polar surface area (TPSA) is 41.6 Å². The molecule has 1 N–H and O–H groups in total. The molecule has 0 aliphatic heterocycles. The monoisotopic (exact) mass is 300 g/mol. The minimum atomic E-state index is -0.445. The predicted molar refractivity (Wildman–Crippen MR) is 81.9 cm³/mol. The quantitative estimate of drug-likeness (QED) is 0.686. The number of ether oxygens (including phenoxy) is 1. The lowest BCUT2D eigenvalue weighted by molar-refractivity contribution is 0.0378. The molecule has 0 radical (unpaired) electrons. The van der Waals surface area contributed by atoms with Gasteiger partial charge in [-0.1, -0.05) is 11.6 Å². The summed E-state index contributed by atoms with van der Waals surface area (Å²) in [6.45, 7) is 3.57. The molecule has 1 aromatic rings. The molecule has 1 aromatic carbocycles. The van der Waals surface area contributed by atoms with Gasteiger partial charge in [0.15, 0.2) is 5.11 Å². The lowest BCUT2D eigenvalue weighted by atomic mass is 10.2. The zero-order valence-corrected chi connectivity index (χ0v) is 12.9. The molecule has 19 heavy (non-hydrogen) atoms. The molecule has 0 fully saturated rings. The first-order valence-corrected chi connectivity index (χ1v) is 6.58. The summed E-state index contributed by atoms with van der Waals surface area (Å²) < 4.78 is 5.13. The molecule has 6 heteroatoms. The van der Waals surface area contributed by atoms with E-state index < -0.39 is 5.97 Å². The van der Waals surface area contributed by atoms with Crippen LogP contribution in [-0.4, -0.2) is 36.2 Å². The highest BCUT2D eigenvalue weighted by Gasteiger charge is 2.14. The fourth-order valence-electron chi connectivity index (χ4n) is 1.27. The van der Waals surface area contributed by atoms with Gasteiger partial charge >= 0.3 is 5.97 Å². The predicted octanol–water partition coefficient (Wildman–Crippen LogP) is 3.16. The molecular weight excluding hydrogens is 284 g/mol. The summed E-state index contributed by atoms with van der Waals surface area (Å²) in [6.07, 6.45) is -0.192. The first kappa shape index (κ1) is 15.7. The minimum absolute atomic E-state index is 0.192. The largest absolute Gasteiger partial charge is 0.459 e. The highest BCUT2D eigenvalue weighted by atomic mass is 35.5. The Balaban J connectivity index is 2.94. The Labute approximate surface area is 123 Å². The van der Waals surface area contributed by atoms with Crippen molar-refractivity contribution in [2.45, 2.75) is 20.0 Å². The number of anilines is 1. The van der Waals surface area contributed by atoms with Crippen LogP contribution in [0.15, 0.2) is 18.2 Å². The minimum Gasteiger partial charge on any atom is -0.459 e. The van der Waals surface area contributed by atoms with Crippen molar-refractivity contribution in [3.05, 3.63) is 28.8 Å². The Morgan fingerprint density at radius 2 is 2.05 bits per heavy atom. The van der Waals surface area contributed by atoms with E-state index in [1.54, 1.807) is 36.9 Å². The van der Waals surface area contributed by atoms with Gasteiger partial charge in [-0.3, -0.25) is 0 Å². The molecule has 0 spiro atoms. The standard InChI is InChI=1S/C13H17ClN2O2S/c1-8(2)18-12(17)10-7-9(5-6-11(10)14)15-13(19)16(3)4/h5-8H,1-4H3,(H,15,19). The molecule has 0 aliphatic carbocycles. The third-order valence-electron chi connectivity index (χ3n) is 2.19. The van der Waals surface area contributed by atoms with Gasteiger partial charge < -0.3 is 15.0 Å². The Hall–Kier alpha value is -1.33. The van der Waals surface area contributed by atoms with Gasteiger partial charge in [-0.15, -0.1) is 0 Å². The van der Waals surface area contributed by atoms with E-state index in [2.05, 4.69) is 5.32 Å². The van der Waals surface area contributed by atoms with Crippen molar-refractivity contribution < 1.29 is 9.53 Å². The highest BCUT2D eigenvalue weighted by molar-refractivity contribution is 7.80. The second-order valence-electron chi connectivity index (χ2n) is 4.47. The van der Waals surface area contributed by atoms with Gasteiger partial charge in [0.1, 0.15) is 0 Å². The fourth-order valence-corrected chi connectivity index (χ4v) is 1.58. The first-order valence-electron chi connectivity index (χ1n) is 5.80. The Morgan fingerprint density at radius 3 is 2.58 bits per heavy atom. The van der Waals surface area contributed by atoms with Crippen LogP contribution in [0.1, 0.15) is 24.2 Å². The van der Waals surface area contributed by atoms with Crippen molar-refractivity contribution in [3.8, 4) is 0 Å². The molecule has 0 unspecified atom stereocenters. The summed E-state index contributed by atoms with van der Waals surface area (Å²) in [5.41, 5.74) is 1.01. The van der Waals surface area contributed by atoms with Gasteiger partial charge in [0.05, 0.1) is 16.7 Å².